The Morgan fingerprint density at radius 2 is 0.433 bits per heavy atom. The SMILES string of the molecule is CCOC(=O)c1cc(-c2ccc(C3(c4ccc(-c5ccc(C(=O)OCC)c(C(=O)OCC)c5)cc4)C=CC(c4ccc(-c5ccc(C(=O)OCC)c(C(=O)OCC)c5)cc4)(c4ccc(-c5ccc(C(=O)OCC)c(C(=O)OCC)c5)cc4)C=C3)cc2)ccc1C. The Kier molecular flexibility index (Phi) is 20.3. The van der Waals surface area contributed by atoms with Crippen LogP contribution in [0.4, 0.5) is 0 Å². The molecule has 0 N–H and O–H groups in total. The lowest BCUT2D eigenvalue weighted by molar-refractivity contribution is 0.0479. The van der Waals surface area contributed by atoms with E-state index in [2.05, 4.69) is 36.4 Å². The highest BCUT2D eigenvalue weighted by molar-refractivity contribution is 6.06. The largest absolute Gasteiger partial charge is 0.462 e. The first kappa shape index (κ1) is 64.0. The number of carbonyl (C=O) groups is 7. The van der Waals surface area contributed by atoms with Gasteiger partial charge in [0.2, 0.25) is 0 Å². The normalized spacial score (nSPS) is 12.7. The van der Waals surface area contributed by atoms with Crippen LogP contribution in [-0.4, -0.2) is 88.0 Å². The number of carbonyl (C=O) groups excluding carboxylic acids is 7. The first-order valence-electron chi connectivity index (χ1n) is 30.1. The van der Waals surface area contributed by atoms with Gasteiger partial charge in [0.15, 0.2) is 0 Å². The Hall–Kier alpha value is -10.5. The van der Waals surface area contributed by atoms with E-state index in [9.17, 15) is 33.6 Å². The summed E-state index contributed by atoms with van der Waals surface area (Å²) in [5.74, 6) is -4.23. The number of benzene rings is 8. The Morgan fingerprint density at radius 1 is 0.244 bits per heavy atom. The number of hydrogen-bond donors (Lipinski definition) is 0. The van der Waals surface area contributed by atoms with Crippen molar-refractivity contribution in [1.29, 1.82) is 0 Å². The van der Waals surface area contributed by atoms with Crippen molar-refractivity contribution in [1.82, 2.24) is 0 Å². The second-order valence-corrected chi connectivity index (χ2v) is 21.1. The van der Waals surface area contributed by atoms with Crippen molar-refractivity contribution in [3.63, 3.8) is 0 Å². The van der Waals surface area contributed by atoms with Crippen LogP contribution in [0.15, 0.2) is 194 Å². The average molecular weight is 1210 g/mol. The Morgan fingerprint density at radius 3 is 0.667 bits per heavy atom. The van der Waals surface area contributed by atoms with Gasteiger partial charge in [-0.2, -0.15) is 0 Å². The van der Waals surface area contributed by atoms with Crippen molar-refractivity contribution < 1.29 is 66.7 Å². The van der Waals surface area contributed by atoms with E-state index in [0.717, 1.165) is 55.6 Å². The predicted molar refractivity (Wildman–Crippen MR) is 344 cm³/mol. The number of rotatable bonds is 22. The maximum atomic E-state index is 13.3. The molecule has 0 amide bonds. The first-order valence-corrected chi connectivity index (χ1v) is 30.1. The Bertz CT molecular complexity index is 3920. The molecule has 0 fully saturated rings. The zero-order valence-corrected chi connectivity index (χ0v) is 51.6. The molecule has 0 spiro atoms. The van der Waals surface area contributed by atoms with Gasteiger partial charge < -0.3 is 33.2 Å². The van der Waals surface area contributed by atoms with Gasteiger partial charge in [0.25, 0.3) is 0 Å². The summed E-state index contributed by atoms with van der Waals surface area (Å²) in [6.07, 6.45) is 8.75. The monoisotopic (exact) mass is 1210 g/mol. The van der Waals surface area contributed by atoms with Crippen LogP contribution < -0.4 is 0 Å². The number of aryl methyl sites for hydroxylation is 1. The molecule has 8 aromatic rings. The highest BCUT2D eigenvalue weighted by Crippen LogP contribution is 2.47. The van der Waals surface area contributed by atoms with Gasteiger partial charge in [-0.3, -0.25) is 0 Å². The third-order valence-electron chi connectivity index (χ3n) is 15.8. The summed E-state index contributed by atoms with van der Waals surface area (Å²) in [6, 6.07) is 53.0. The topological polar surface area (TPSA) is 184 Å². The van der Waals surface area contributed by atoms with Crippen molar-refractivity contribution in [2.24, 2.45) is 0 Å². The van der Waals surface area contributed by atoms with E-state index in [1.165, 1.54) is 0 Å². The van der Waals surface area contributed by atoms with Crippen LogP contribution in [0.2, 0.25) is 0 Å². The van der Waals surface area contributed by atoms with Crippen LogP contribution in [0.3, 0.4) is 0 Å². The summed E-state index contributed by atoms with van der Waals surface area (Å²) in [5, 5.41) is 0. The van der Waals surface area contributed by atoms with Gasteiger partial charge in [-0.1, -0.05) is 152 Å². The minimum atomic E-state index is -0.941. The smallest absolute Gasteiger partial charge is 0.339 e. The summed E-state index contributed by atoms with van der Waals surface area (Å²) in [4.78, 5) is 92.2. The highest BCUT2D eigenvalue weighted by atomic mass is 16.6. The van der Waals surface area contributed by atoms with Crippen LogP contribution >= 0.6 is 0 Å². The second-order valence-electron chi connectivity index (χ2n) is 21.1. The second kappa shape index (κ2) is 28.6. The molecule has 0 atom stereocenters. The maximum Gasteiger partial charge on any atom is 0.339 e. The van der Waals surface area contributed by atoms with Crippen LogP contribution in [0, 0.1) is 6.92 Å². The summed E-state index contributed by atoms with van der Waals surface area (Å²) < 4.78 is 37.4. The van der Waals surface area contributed by atoms with Gasteiger partial charge >= 0.3 is 41.8 Å². The molecule has 0 aromatic heterocycles. The molecular weight excluding hydrogens is 1140 g/mol. The van der Waals surface area contributed by atoms with Gasteiger partial charge in [-0.05, 0) is 170 Å². The van der Waals surface area contributed by atoms with E-state index in [1.807, 2.05) is 110 Å². The van der Waals surface area contributed by atoms with E-state index in [4.69, 9.17) is 33.2 Å². The van der Waals surface area contributed by atoms with Gasteiger partial charge in [-0.25, -0.2) is 33.6 Å². The van der Waals surface area contributed by atoms with Crippen molar-refractivity contribution in [2.45, 2.75) is 66.2 Å². The molecule has 9 rings (SSSR count). The molecular formula is C76H70O14. The predicted octanol–water partition coefficient (Wildman–Crippen LogP) is 15.3. The number of allylic oxidation sites excluding steroid dienone is 4. The fourth-order valence-corrected chi connectivity index (χ4v) is 11.2. The Balaban J connectivity index is 1.20. The molecule has 458 valence electrons. The minimum Gasteiger partial charge on any atom is -0.462 e. The zero-order valence-electron chi connectivity index (χ0n) is 51.6. The van der Waals surface area contributed by atoms with Crippen molar-refractivity contribution in [3.8, 4) is 44.5 Å². The summed E-state index contributed by atoms with van der Waals surface area (Å²) in [7, 11) is 0. The molecule has 0 unspecified atom stereocenters. The van der Waals surface area contributed by atoms with E-state index in [0.29, 0.717) is 22.3 Å². The summed E-state index contributed by atoms with van der Waals surface area (Å²) >= 11 is 0. The molecule has 90 heavy (non-hydrogen) atoms. The minimum absolute atomic E-state index is 0.0857. The first-order chi connectivity index (χ1) is 43.6. The van der Waals surface area contributed by atoms with Crippen LogP contribution in [0.25, 0.3) is 44.5 Å². The van der Waals surface area contributed by atoms with Crippen LogP contribution in [0.5, 0.6) is 0 Å². The molecule has 0 radical (unpaired) electrons. The standard InChI is InChI=1S/C76H70O14/c1-9-84-68(77)61-37-26-54(45-65(61)72(81)88-13-5)50-20-31-58(32-21-50)75(57-29-18-49(19-30-57)53-17-16-48(8)64(44-53)71(80)87-12-4)40-42-76(43-41-75,59-33-22-51(23-34-59)55-27-38-62(69(78)85-10-2)66(46-55)73(82)89-14-6)60-35-24-52(25-36-60)56-28-39-63(70(79)86-11-3)67(47-56)74(83)90-15-7/h16-47H,9-15H2,1-8H3. The lowest BCUT2D eigenvalue weighted by Gasteiger charge is -2.39. The maximum absolute atomic E-state index is 13.3. The molecule has 1 aliphatic rings. The lowest BCUT2D eigenvalue weighted by Crippen LogP contribution is -2.32. The Labute approximate surface area is 524 Å². The van der Waals surface area contributed by atoms with Crippen LogP contribution in [0.1, 0.15) is 149 Å². The zero-order chi connectivity index (χ0) is 64.1. The third-order valence-corrected chi connectivity index (χ3v) is 15.8. The van der Waals surface area contributed by atoms with Crippen LogP contribution in [-0.2, 0) is 44.0 Å². The molecule has 14 heteroatoms. The van der Waals surface area contributed by atoms with E-state index in [1.54, 1.807) is 103 Å². The van der Waals surface area contributed by atoms with Crippen molar-refractivity contribution >= 4 is 41.8 Å². The fraction of sp³-hybridized carbons (Fsp3) is 0.224. The summed E-state index contributed by atoms with van der Waals surface area (Å²) in [6.45, 7) is 14.8. The van der Waals surface area contributed by atoms with Gasteiger partial charge in [0.1, 0.15) is 0 Å². The molecule has 0 bridgehead atoms. The van der Waals surface area contributed by atoms with Gasteiger partial charge in [-0.15, -0.1) is 0 Å². The fourth-order valence-electron chi connectivity index (χ4n) is 11.2. The van der Waals surface area contributed by atoms with Crippen molar-refractivity contribution in [3.05, 3.63) is 261 Å². The summed E-state index contributed by atoms with van der Waals surface area (Å²) in [5.41, 5.74) is 9.59. The third kappa shape index (κ3) is 13.3. The van der Waals surface area contributed by atoms with Gasteiger partial charge in [0, 0.05) is 0 Å². The lowest BCUT2D eigenvalue weighted by atomic mass is 9.64. The van der Waals surface area contributed by atoms with E-state index >= 15 is 0 Å². The van der Waals surface area contributed by atoms with Crippen molar-refractivity contribution in [2.75, 3.05) is 46.2 Å². The highest BCUT2D eigenvalue weighted by Gasteiger charge is 2.39. The molecule has 0 saturated heterocycles. The number of hydrogen-bond acceptors (Lipinski definition) is 14. The average Bonchev–Trinajstić information content (AvgIpc) is 0.738. The number of ether oxygens (including phenoxy) is 7. The molecule has 1 aliphatic carbocycles. The van der Waals surface area contributed by atoms with E-state index in [-0.39, 0.29) is 79.6 Å². The molecule has 0 saturated carbocycles. The van der Waals surface area contributed by atoms with E-state index < -0.39 is 52.6 Å². The molecule has 0 aliphatic heterocycles. The quantitative estimate of drug-likeness (QED) is 0.0355. The molecule has 14 nitrogen and oxygen atoms in total. The molecule has 0 heterocycles. The van der Waals surface area contributed by atoms with Gasteiger partial charge in [0.05, 0.1) is 96.0 Å². The molecule has 8 aromatic carbocycles. The number of esters is 7.